The first-order chi connectivity index (χ1) is 15.3. The number of nitrogens with zero attached hydrogens (tertiary/aromatic N) is 2. The maximum Gasteiger partial charge on any atom is 0.255 e. The van der Waals surface area contributed by atoms with E-state index in [-0.39, 0.29) is 17.2 Å². The molecule has 10 heteroatoms. The molecular weight excluding hydrogens is 473 g/mol. The molecule has 3 rings (SSSR count). The molecule has 3 aromatic carbocycles. The van der Waals surface area contributed by atoms with Gasteiger partial charge in [0.15, 0.2) is 0 Å². The fraction of sp³-hybridized carbons (Fsp3) is 0.0909. The van der Waals surface area contributed by atoms with Crippen LogP contribution in [0.3, 0.4) is 0 Å². The number of phenols is 1. The van der Waals surface area contributed by atoms with Gasteiger partial charge in [0, 0.05) is 22.2 Å². The van der Waals surface area contributed by atoms with Gasteiger partial charge in [0.25, 0.3) is 5.91 Å². The highest BCUT2D eigenvalue weighted by Gasteiger charge is 2.27. The molecule has 166 valence electrons. The van der Waals surface area contributed by atoms with E-state index in [0.717, 1.165) is 4.31 Å². The zero-order valence-corrected chi connectivity index (χ0v) is 19.0. The molecule has 0 saturated heterocycles. The number of sulfonamides is 1. The fourth-order valence-corrected chi connectivity index (χ4v) is 4.51. The van der Waals surface area contributed by atoms with E-state index in [1.807, 2.05) is 0 Å². The number of hydrogen-bond acceptors (Lipinski definition) is 5. The molecule has 0 aliphatic carbocycles. The molecule has 3 aromatic rings. The van der Waals surface area contributed by atoms with Gasteiger partial charge in [-0.15, -0.1) is 0 Å². The van der Waals surface area contributed by atoms with E-state index in [0.29, 0.717) is 21.2 Å². The predicted molar refractivity (Wildman–Crippen MR) is 124 cm³/mol. The van der Waals surface area contributed by atoms with E-state index in [1.165, 1.54) is 36.5 Å². The quantitative estimate of drug-likeness (QED) is 0.366. The molecule has 0 heterocycles. The number of para-hydroxylation sites is 1. The number of hydrogen-bond donors (Lipinski definition) is 2. The van der Waals surface area contributed by atoms with E-state index in [9.17, 15) is 18.3 Å². The highest BCUT2D eigenvalue weighted by molar-refractivity contribution is 7.89. The standard InChI is InChI=1S/C22H19Cl2N3O4S/c23-18-8-10-20(11-9-18)32(30,31)27(14-16-4-3-6-19(24)12-16)15-22(29)26-25-13-17-5-1-2-7-21(17)28/h1-13,28H,14-15H2,(H,26,29)/b25-13-. The Hall–Kier alpha value is -2.91. The van der Waals surface area contributed by atoms with Crippen LogP contribution in [0.2, 0.25) is 10.0 Å². The summed E-state index contributed by atoms with van der Waals surface area (Å²) >= 11 is 11.9. The van der Waals surface area contributed by atoms with Crippen molar-refractivity contribution >= 4 is 45.3 Å². The van der Waals surface area contributed by atoms with Gasteiger partial charge in [0.05, 0.1) is 17.7 Å². The van der Waals surface area contributed by atoms with Crippen LogP contribution in [0.4, 0.5) is 0 Å². The second kappa shape index (κ2) is 10.6. The molecule has 0 radical (unpaired) electrons. The number of rotatable bonds is 8. The van der Waals surface area contributed by atoms with E-state index in [2.05, 4.69) is 10.5 Å². The number of benzene rings is 3. The zero-order valence-electron chi connectivity index (χ0n) is 16.7. The Labute approximate surface area is 196 Å². The first kappa shape index (κ1) is 23.7. The number of amides is 1. The van der Waals surface area contributed by atoms with Crippen molar-refractivity contribution in [3.8, 4) is 5.75 Å². The van der Waals surface area contributed by atoms with Crippen molar-refractivity contribution in [2.24, 2.45) is 5.10 Å². The van der Waals surface area contributed by atoms with Crippen LogP contribution in [0.5, 0.6) is 5.75 Å². The molecule has 32 heavy (non-hydrogen) atoms. The van der Waals surface area contributed by atoms with Gasteiger partial charge in [-0.25, -0.2) is 13.8 Å². The first-order valence-corrected chi connectivity index (χ1v) is 11.6. The van der Waals surface area contributed by atoms with Crippen molar-refractivity contribution in [3.63, 3.8) is 0 Å². The van der Waals surface area contributed by atoms with Crippen LogP contribution in [0, 0.1) is 0 Å². The Morgan fingerprint density at radius 3 is 2.41 bits per heavy atom. The maximum atomic E-state index is 13.2. The first-order valence-electron chi connectivity index (χ1n) is 9.36. The highest BCUT2D eigenvalue weighted by atomic mass is 35.5. The summed E-state index contributed by atoms with van der Waals surface area (Å²) in [5.41, 5.74) is 3.30. The van der Waals surface area contributed by atoms with Crippen molar-refractivity contribution in [1.82, 2.24) is 9.73 Å². The summed E-state index contributed by atoms with van der Waals surface area (Å²) in [6.45, 7) is -0.572. The molecule has 2 N–H and O–H groups in total. The molecule has 0 bridgehead atoms. The van der Waals surface area contributed by atoms with Crippen LogP contribution in [-0.4, -0.2) is 36.5 Å². The van der Waals surface area contributed by atoms with Crippen molar-refractivity contribution < 1.29 is 18.3 Å². The summed E-state index contributed by atoms with van der Waals surface area (Å²) in [6.07, 6.45) is 1.27. The minimum atomic E-state index is -4.03. The Bertz CT molecular complexity index is 1230. The van der Waals surface area contributed by atoms with Gasteiger partial charge >= 0.3 is 0 Å². The summed E-state index contributed by atoms with van der Waals surface area (Å²) in [5.74, 6) is -0.658. The maximum absolute atomic E-state index is 13.2. The number of halogens is 2. The fourth-order valence-electron chi connectivity index (χ4n) is 2.79. The second-order valence-electron chi connectivity index (χ2n) is 6.71. The van der Waals surface area contributed by atoms with Crippen LogP contribution in [0.1, 0.15) is 11.1 Å². The molecule has 0 fully saturated rings. The molecule has 7 nitrogen and oxygen atoms in total. The molecular formula is C22H19Cl2N3O4S. The molecule has 0 spiro atoms. The lowest BCUT2D eigenvalue weighted by molar-refractivity contribution is -0.121. The number of aromatic hydroxyl groups is 1. The van der Waals surface area contributed by atoms with Crippen LogP contribution >= 0.6 is 23.2 Å². The van der Waals surface area contributed by atoms with Crippen LogP contribution in [0.15, 0.2) is 82.8 Å². The van der Waals surface area contributed by atoms with Gasteiger partial charge in [-0.2, -0.15) is 9.41 Å². The molecule has 0 unspecified atom stereocenters. The van der Waals surface area contributed by atoms with Gasteiger partial charge in [-0.1, -0.05) is 47.5 Å². The van der Waals surface area contributed by atoms with Crippen molar-refractivity contribution in [2.45, 2.75) is 11.4 Å². The van der Waals surface area contributed by atoms with E-state index < -0.39 is 22.5 Å². The van der Waals surface area contributed by atoms with Crippen LogP contribution < -0.4 is 5.43 Å². The molecule has 0 saturated carbocycles. The average molecular weight is 492 g/mol. The second-order valence-corrected chi connectivity index (χ2v) is 9.52. The average Bonchev–Trinajstić information content (AvgIpc) is 2.75. The van der Waals surface area contributed by atoms with E-state index in [1.54, 1.807) is 42.5 Å². The van der Waals surface area contributed by atoms with Crippen molar-refractivity contribution in [2.75, 3.05) is 6.54 Å². The van der Waals surface area contributed by atoms with Gasteiger partial charge in [0.2, 0.25) is 10.0 Å². The smallest absolute Gasteiger partial charge is 0.255 e. The summed E-state index contributed by atoms with van der Waals surface area (Å²) < 4.78 is 27.4. The number of carbonyl (C=O) groups is 1. The Kier molecular flexibility index (Phi) is 7.87. The largest absolute Gasteiger partial charge is 0.507 e. The van der Waals surface area contributed by atoms with Gasteiger partial charge in [0.1, 0.15) is 5.75 Å². The van der Waals surface area contributed by atoms with Crippen LogP contribution in [-0.2, 0) is 21.4 Å². The molecule has 0 aromatic heterocycles. The Balaban J connectivity index is 1.81. The third kappa shape index (κ3) is 6.30. The van der Waals surface area contributed by atoms with Gasteiger partial charge < -0.3 is 5.11 Å². The number of nitrogens with one attached hydrogen (secondary N) is 1. The number of carbonyl (C=O) groups excluding carboxylic acids is 1. The third-order valence-corrected chi connectivity index (χ3v) is 6.64. The lowest BCUT2D eigenvalue weighted by atomic mass is 10.2. The summed E-state index contributed by atoms with van der Waals surface area (Å²) in [5, 5.41) is 14.4. The SMILES string of the molecule is O=C(CN(Cc1cccc(Cl)c1)S(=O)(=O)c1ccc(Cl)cc1)N/N=C\c1ccccc1O. The van der Waals surface area contributed by atoms with E-state index in [4.69, 9.17) is 23.2 Å². The lowest BCUT2D eigenvalue weighted by Crippen LogP contribution is -2.39. The zero-order chi connectivity index (χ0) is 23.1. The molecule has 0 aliphatic heterocycles. The predicted octanol–water partition coefficient (Wildman–Crippen LogP) is 4.04. The van der Waals surface area contributed by atoms with Gasteiger partial charge in [-0.05, 0) is 54.1 Å². The normalized spacial score (nSPS) is 11.7. The third-order valence-electron chi connectivity index (χ3n) is 4.35. The lowest BCUT2D eigenvalue weighted by Gasteiger charge is -2.21. The molecule has 1 amide bonds. The number of hydrazone groups is 1. The van der Waals surface area contributed by atoms with Crippen LogP contribution in [0.25, 0.3) is 0 Å². The Morgan fingerprint density at radius 1 is 1.00 bits per heavy atom. The van der Waals surface area contributed by atoms with Crippen molar-refractivity contribution in [3.05, 3.63) is 94.0 Å². The molecule has 0 aliphatic rings. The topological polar surface area (TPSA) is 99.1 Å². The minimum Gasteiger partial charge on any atom is -0.507 e. The summed E-state index contributed by atoms with van der Waals surface area (Å²) in [6, 6.07) is 18.8. The number of phenolic OH excluding ortho intramolecular Hbond substituents is 1. The highest BCUT2D eigenvalue weighted by Crippen LogP contribution is 2.21. The molecule has 0 atom stereocenters. The summed E-state index contributed by atoms with van der Waals surface area (Å²) in [7, 11) is -4.03. The van der Waals surface area contributed by atoms with Crippen molar-refractivity contribution in [1.29, 1.82) is 0 Å². The minimum absolute atomic E-state index is 0.00148. The van der Waals surface area contributed by atoms with E-state index >= 15 is 0 Å². The monoisotopic (exact) mass is 491 g/mol. The van der Waals surface area contributed by atoms with Gasteiger partial charge in [-0.3, -0.25) is 4.79 Å². The summed E-state index contributed by atoms with van der Waals surface area (Å²) in [4.78, 5) is 12.5. The Morgan fingerprint density at radius 2 is 1.72 bits per heavy atom.